The first-order valence-corrected chi connectivity index (χ1v) is 9.66. The summed E-state index contributed by atoms with van der Waals surface area (Å²) >= 11 is 0. The normalized spacial score (nSPS) is 16.0. The Balaban J connectivity index is 1.65. The summed E-state index contributed by atoms with van der Waals surface area (Å²) in [7, 11) is -3.53. The number of rotatable bonds is 5. The van der Waals surface area contributed by atoms with Gasteiger partial charge in [0.15, 0.2) is 0 Å². The smallest absolute Gasteiger partial charge is 0.243 e. The minimum atomic E-state index is -3.53. The van der Waals surface area contributed by atoms with Gasteiger partial charge in [0, 0.05) is 18.7 Å². The van der Waals surface area contributed by atoms with Crippen molar-refractivity contribution >= 4 is 10.0 Å². The van der Waals surface area contributed by atoms with Crippen LogP contribution in [0.25, 0.3) is 0 Å². The van der Waals surface area contributed by atoms with Crippen molar-refractivity contribution in [2.24, 2.45) is 0 Å². The van der Waals surface area contributed by atoms with Gasteiger partial charge in [-0.15, -0.1) is 0 Å². The third-order valence-electron chi connectivity index (χ3n) is 4.45. The summed E-state index contributed by atoms with van der Waals surface area (Å²) < 4.78 is 46.3. The Morgan fingerprint density at radius 3 is 2.32 bits per heavy atom. The number of hydrogen-bond acceptors (Lipinski definition) is 3. The zero-order valence-electron chi connectivity index (χ0n) is 14.6. The Bertz CT molecular complexity index is 866. The predicted octanol–water partition coefficient (Wildman–Crippen LogP) is 3.34. The molecule has 0 radical (unpaired) electrons. The molecule has 0 N–H and O–H groups in total. The van der Waals surface area contributed by atoms with Crippen LogP contribution >= 0.6 is 0 Å². The van der Waals surface area contributed by atoms with Crippen LogP contribution < -0.4 is 0 Å². The predicted molar refractivity (Wildman–Crippen MR) is 94.4 cm³/mol. The van der Waals surface area contributed by atoms with Crippen LogP contribution in [0.1, 0.15) is 22.3 Å². The maximum atomic E-state index is 13.6. The van der Waals surface area contributed by atoms with Crippen molar-refractivity contribution in [3.8, 4) is 0 Å². The quantitative estimate of drug-likeness (QED) is 0.819. The van der Waals surface area contributed by atoms with Crippen LogP contribution in [0.4, 0.5) is 4.39 Å². The highest BCUT2D eigenvalue weighted by molar-refractivity contribution is 7.89. The lowest BCUT2D eigenvalue weighted by atomic mass is 10.1. The first-order chi connectivity index (χ1) is 11.8. The van der Waals surface area contributed by atoms with Crippen molar-refractivity contribution in [3.05, 3.63) is 64.5 Å². The second kappa shape index (κ2) is 6.86. The van der Waals surface area contributed by atoms with Gasteiger partial charge in [-0.2, -0.15) is 4.31 Å². The largest absolute Gasteiger partial charge is 0.371 e. The van der Waals surface area contributed by atoms with Gasteiger partial charge in [0.1, 0.15) is 5.82 Å². The molecule has 134 valence electrons. The molecule has 1 heterocycles. The molecule has 1 fully saturated rings. The van der Waals surface area contributed by atoms with Gasteiger partial charge in [0.25, 0.3) is 0 Å². The van der Waals surface area contributed by atoms with Crippen LogP contribution in [-0.4, -0.2) is 31.9 Å². The van der Waals surface area contributed by atoms with Crippen LogP contribution in [0.5, 0.6) is 0 Å². The minimum absolute atomic E-state index is 0.147. The number of ether oxygens (including phenoxy) is 1. The Hall–Kier alpha value is -1.76. The molecule has 0 unspecified atom stereocenters. The third kappa shape index (κ3) is 3.61. The Kier molecular flexibility index (Phi) is 4.95. The van der Waals surface area contributed by atoms with Gasteiger partial charge >= 0.3 is 0 Å². The molecule has 1 saturated heterocycles. The highest BCUT2D eigenvalue weighted by Crippen LogP contribution is 2.29. The van der Waals surface area contributed by atoms with Gasteiger partial charge in [-0.05, 0) is 38.0 Å². The summed E-state index contributed by atoms with van der Waals surface area (Å²) in [5.41, 5.74) is 3.04. The fraction of sp³-hybridized carbons (Fsp3) is 0.368. The van der Waals surface area contributed by atoms with Crippen molar-refractivity contribution in [3.63, 3.8) is 0 Å². The number of benzene rings is 2. The number of hydrogen-bond donors (Lipinski definition) is 0. The van der Waals surface area contributed by atoms with Crippen LogP contribution in [0.3, 0.4) is 0 Å². The fourth-order valence-corrected chi connectivity index (χ4v) is 5.14. The van der Waals surface area contributed by atoms with Gasteiger partial charge in [-0.3, -0.25) is 0 Å². The third-order valence-corrected chi connectivity index (χ3v) is 6.59. The fourth-order valence-electron chi connectivity index (χ4n) is 3.23. The Morgan fingerprint density at radius 1 is 1.12 bits per heavy atom. The van der Waals surface area contributed by atoms with E-state index in [1.807, 2.05) is 32.9 Å². The molecule has 6 heteroatoms. The van der Waals surface area contributed by atoms with Crippen molar-refractivity contribution < 1.29 is 17.5 Å². The Morgan fingerprint density at radius 2 is 1.72 bits per heavy atom. The van der Waals surface area contributed by atoms with E-state index in [9.17, 15) is 12.8 Å². The van der Waals surface area contributed by atoms with E-state index < -0.39 is 10.0 Å². The Labute approximate surface area is 148 Å². The van der Waals surface area contributed by atoms with Gasteiger partial charge in [0.2, 0.25) is 10.0 Å². The minimum Gasteiger partial charge on any atom is -0.371 e. The maximum absolute atomic E-state index is 13.6. The van der Waals surface area contributed by atoms with Crippen molar-refractivity contribution in [1.82, 2.24) is 4.31 Å². The summed E-state index contributed by atoms with van der Waals surface area (Å²) in [6.45, 7) is 6.32. The first-order valence-electron chi connectivity index (χ1n) is 8.22. The van der Waals surface area contributed by atoms with Crippen LogP contribution in [0.15, 0.2) is 41.3 Å². The summed E-state index contributed by atoms with van der Waals surface area (Å²) in [5, 5.41) is 0. The number of halogens is 1. The van der Waals surface area contributed by atoms with E-state index in [1.165, 1.54) is 10.4 Å². The molecule has 2 aromatic carbocycles. The molecule has 0 aliphatic carbocycles. The summed E-state index contributed by atoms with van der Waals surface area (Å²) in [6.07, 6.45) is -0.208. The molecular formula is C19H22FNO3S. The molecule has 1 aliphatic heterocycles. The maximum Gasteiger partial charge on any atom is 0.243 e. The molecule has 25 heavy (non-hydrogen) atoms. The van der Waals surface area contributed by atoms with E-state index in [2.05, 4.69) is 0 Å². The average Bonchev–Trinajstić information content (AvgIpc) is 2.45. The molecular weight excluding hydrogens is 341 g/mol. The first kappa shape index (κ1) is 18.0. The second-order valence-corrected chi connectivity index (χ2v) is 8.45. The van der Waals surface area contributed by atoms with E-state index in [4.69, 9.17) is 4.74 Å². The highest BCUT2D eigenvalue weighted by Gasteiger charge is 2.38. The van der Waals surface area contributed by atoms with Crippen molar-refractivity contribution in [2.45, 2.75) is 38.4 Å². The monoisotopic (exact) mass is 363 g/mol. The molecule has 0 bridgehead atoms. The summed E-state index contributed by atoms with van der Waals surface area (Å²) in [5.74, 6) is -0.308. The lowest BCUT2D eigenvalue weighted by Gasteiger charge is -2.38. The van der Waals surface area contributed by atoms with Gasteiger partial charge < -0.3 is 4.74 Å². The summed E-state index contributed by atoms with van der Waals surface area (Å²) in [6, 6.07) is 10.2. The molecule has 0 atom stereocenters. The zero-order valence-corrected chi connectivity index (χ0v) is 15.4. The van der Waals surface area contributed by atoms with E-state index in [-0.39, 0.29) is 18.5 Å². The zero-order chi connectivity index (χ0) is 18.2. The molecule has 1 aliphatic rings. The van der Waals surface area contributed by atoms with E-state index >= 15 is 0 Å². The van der Waals surface area contributed by atoms with E-state index in [0.717, 1.165) is 16.7 Å². The lowest BCUT2D eigenvalue weighted by Crippen LogP contribution is -2.54. The van der Waals surface area contributed by atoms with Gasteiger partial charge in [0.05, 0.1) is 17.6 Å². The SMILES string of the molecule is Cc1cc(C)c(S(=O)(=O)N2CC(OCc3ccccc3F)C2)c(C)c1. The van der Waals surface area contributed by atoms with E-state index in [0.29, 0.717) is 23.5 Å². The van der Waals surface area contributed by atoms with Crippen LogP contribution in [0, 0.1) is 26.6 Å². The molecule has 0 amide bonds. The standard InChI is InChI=1S/C19H22FNO3S/c1-13-8-14(2)19(15(3)9-13)25(22,23)21-10-17(11-21)24-12-16-6-4-5-7-18(16)20/h4-9,17H,10-12H2,1-3H3. The lowest BCUT2D eigenvalue weighted by molar-refractivity contribution is -0.0305. The molecule has 0 saturated carbocycles. The number of aryl methyl sites for hydroxylation is 3. The second-order valence-electron chi connectivity index (χ2n) is 6.57. The van der Waals surface area contributed by atoms with Crippen LogP contribution in [0.2, 0.25) is 0 Å². The summed E-state index contributed by atoms with van der Waals surface area (Å²) in [4.78, 5) is 0.380. The van der Waals surface area contributed by atoms with Crippen molar-refractivity contribution in [1.29, 1.82) is 0 Å². The molecule has 0 aromatic heterocycles. The molecule has 4 nitrogen and oxygen atoms in total. The topological polar surface area (TPSA) is 46.6 Å². The number of sulfonamides is 1. The number of nitrogens with zero attached hydrogens (tertiary/aromatic N) is 1. The molecule has 3 rings (SSSR count). The molecule has 2 aromatic rings. The highest BCUT2D eigenvalue weighted by atomic mass is 32.2. The van der Waals surface area contributed by atoms with E-state index in [1.54, 1.807) is 18.2 Å². The van der Waals surface area contributed by atoms with Gasteiger partial charge in [-0.25, -0.2) is 12.8 Å². The average molecular weight is 363 g/mol. The van der Waals surface area contributed by atoms with Gasteiger partial charge in [-0.1, -0.05) is 35.9 Å². The van der Waals surface area contributed by atoms with Crippen molar-refractivity contribution in [2.75, 3.05) is 13.1 Å². The molecule has 0 spiro atoms. The van der Waals surface area contributed by atoms with Crippen LogP contribution in [-0.2, 0) is 21.4 Å².